The van der Waals surface area contributed by atoms with Crippen LogP contribution in [0.1, 0.15) is 19.4 Å². The van der Waals surface area contributed by atoms with Gasteiger partial charge in [0.2, 0.25) is 0 Å². The Morgan fingerprint density at radius 2 is 1.83 bits per heavy atom. The monoisotopic (exact) mass is 251 g/mol. The summed E-state index contributed by atoms with van der Waals surface area (Å²) in [6.07, 6.45) is 0. The first kappa shape index (κ1) is 13.9. The van der Waals surface area contributed by atoms with E-state index in [4.69, 9.17) is 5.11 Å². The Morgan fingerprint density at radius 1 is 1.22 bits per heavy atom. The van der Waals surface area contributed by atoms with Gasteiger partial charge in [-0.2, -0.15) is 0 Å². The molecule has 0 atom stereocenters. The number of benzene rings is 1. The summed E-state index contributed by atoms with van der Waals surface area (Å²) in [6.45, 7) is 4.43. The van der Waals surface area contributed by atoms with Crippen molar-refractivity contribution in [3.63, 3.8) is 0 Å². The van der Waals surface area contributed by atoms with Crippen LogP contribution in [0.5, 0.6) is 0 Å². The first-order valence-electron chi connectivity index (χ1n) is 5.31. The van der Waals surface area contributed by atoms with Crippen molar-refractivity contribution in [3.05, 3.63) is 40.7 Å². The predicted molar refractivity (Wildman–Crippen MR) is 65.8 cm³/mol. The molecule has 0 aliphatic rings. The fraction of sp³-hybridized carbons (Fsp3) is 0.231. The Kier molecular flexibility index (Phi) is 4.20. The molecule has 0 saturated carbocycles. The van der Waals surface area contributed by atoms with Gasteiger partial charge in [0.05, 0.1) is 5.69 Å². The third-order valence-electron chi connectivity index (χ3n) is 2.60. The number of aryl methyl sites for hydroxylation is 1. The number of anilines is 1. The van der Waals surface area contributed by atoms with Gasteiger partial charge in [-0.3, -0.25) is 4.79 Å². The van der Waals surface area contributed by atoms with Crippen LogP contribution in [0.2, 0.25) is 0 Å². The lowest BCUT2D eigenvalue weighted by Crippen LogP contribution is -2.17. The molecule has 96 valence electrons. The van der Waals surface area contributed by atoms with Gasteiger partial charge in [-0.15, -0.1) is 0 Å². The maximum Gasteiger partial charge on any atom is 0.331 e. The quantitative estimate of drug-likeness (QED) is 0.811. The molecule has 1 amide bonds. The first-order valence-corrected chi connectivity index (χ1v) is 5.31. The molecule has 0 aliphatic heterocycles. The van der Waals surface area contributed by atoms with Gasteiger partial charge < -0.3 is 10.4 Å². The minimum absolute atomic E-state index is 0.0307. The second kappa shape index (κ2) is 5.44. The molecule has 5 heteroatoms. The fourth-order valence-corrected chi connectivity index (χ4v) is 1.27. The van der Waals surface area contributed by atoms with Crippen molar-refractivity contribution in [1.29, 1.82) is 0 Å². The van der Waals surface area contributed by atoms with Crippen molar-refractivity contribution in [2.75, 3.05) is 5.32 Å². The Bertz CT molecular complexity index is 535. The summed E-state index contributed by atoms with van der Waals surface area (Å²) in [5.41, 5.74) is 0.741. The predicted octanol–water partition coefficient (Wildman–Crippen LogP) is 2.49. The van der Waals surface area contributed by atoms with Crippen LogP contribution in [-0.2, 0) is 9.59 Å². The van der Waals surface area contributed by atoms with Gasteiger partial charge in [-0.05, 0) is 38.5 Å². The number of hydrogen-bond acceptors (Lipinski definition) is 2. The smallest absolute Gasteiger partial charge is 0.331 e. The van der Waals surface area contributed by atoms with E-state index >= 15 is 0 Å². The third-order valence-corrected chi connectivity index (χ3v) is 2.60. The zero-order chi connectivity index (χ0) is 13.9. The first-order chi connectivity index (χ1) is 8.32. The van der Waals surface area contributed by atoms with Gasteiger partial charge in [0.25, 0.3) is 5.91 Å². The van der Waals surface area contributed by atoms with Gasteiger partial charge in [0.1, 0.15) is 5.82 Å². The number of halogens is 1. The Balaban J connectivity index is 2.95. The number of carboxylic acid groups (broad SMARTS) is 1. The van der Waals surface area contributed by atoms with Crippen molar-refractivity contribution in [1.82, 2.24) is 0 Å². The number of carboxylic acids is 1. The Labute approximate surface area is 104 Å². The summed E-state index contributed by atoms with van der Waals surface area (Å²) in [5, 5.41) is 11.1. The highest BCUT2D eigenvalue weighted by Crippen LogP contribution is 2.16. The van der Waals surface area contributed by atoms with E-state index < -0.39 is 17.7 Å². The lowest BCUT2D eigenvalue weighted by molar-refractivity contribution is -0.133. The van der Waals surface area contributed by atoms with E-state index in [1.807, 2.05) is 0 Å². The van der Waals surface area contributed by atoms with Crippen LogP contribution in [0.4, 0.5) is 10.1 Å². The molecule has 1 aromatic rings. The second-order valence-corrected chi connectivity index (χ2v) is 3.99. The molecule has 0 fully saturated rings. The summed E-state index contributed by atoms with van der Waals surface area (Å²) in [4.78, 5) is 22.4. The van der Waals surface area contributed by atoms with Crippen LogP contribution in [0, 0.1) is 12.7 Å². The van der Waals surface area contributed by atoms with Crippen LogP contribution < -0.4 is 5.32 Å². The average molecular weight is 251 g/mol. The van der Waals surface area contributed by atoms with E-state index in [0.29, 0.717) is 0 Å². The van der Waals surface area contributed by atoms with Gasteiger partial charge in [0.15, 0.2) is 0 Å². The third kappa shape index (κ3) is 3.16. The van der Waals surface area contributed by atoms with Crippen LogP contribution in [0.3, 0.4) is 0 Å². The number of rotatable bonds is 3. The molecule has 2 N–H and O–H groups in total. The summed E-state index contributed by atoms with van der Waals surface area (Å²) in [6, 6.07) is 4.38. The highest BCUT2D eigenvalue weighted by molar-refractivity contribution is 6.08. The minimum atomic E-state index is -1.17. The van der Waals surface area contributed by atoms with E-state index in [1.165, 1.54) is 26.0 Å². The van der Waals surface area contributed by atoms with Crippen molar-refractivity contribution < 1.29 is 19.1 Å². The average Bonchev–Trinajstić information content (AvgIpc) is 2.30. The van der Waals surface area contributed by atoms with E-state index in [-0.39, 0.29) is 16.8 Å². The van der Waals surface area contributed by atoms with Crippen molar-refractivity contribution in [2.24, 2.45) is 0 Å². The molecule has 18 heavy (non-hydrogen) atoms. The number of carbonyl (C=O) groups excluding carboxylic acids is 1. The second-order valence-electron chi connectivity index (χ2n) is 3.99. The van der Waals surface area contributed by atoms with E-state index in [1.54, 1.807) is 13.0 Å². The molecule has 0 radical (unpaired) electrons. The number of aliphatic carboxylic acids is 1. The molecule has 0 spiro atoms. The summed E-state index contributed by atoms with van der Waals surface area (Å²) in [7, 11) is 0. The van der Waals surface area contributed by atoms with E-state index in [2.05, 4.69) is 5.32 Å². The molecule has 0 bridgehead atoms. The minimum Gasteiger partial charge on any atom is -0.478 e. The maximum absolute atomic E-state index is 13.5. The Morgan fingerprint density at radius 3 is 2.33 bits per heavy atom. The van der Waals surface area contributed by atoms with E-state index in [9.17, 15) is 14.0 Å². The normalized spacial score (nSPS) is 11.8. The summed E-state index contributed by atoms with van der Waals surface area (Å²) >= 11 is 0. The highest BCUT2D eigenvalue weighted by atomic mass is 19.1. The van der Waals surface area contributed by atoms with Gasteiger partial charge >= 0.3 is 5.97 Å². The van der Waals surface area contributed by atoms with Crippen molar-refractivity contribution in [2.45, 2.75) is 20.8 Å². The van der Waals surface area contributed by atoms with E-state index in [0.717, 1.165) is 5.56 Å². The number of hydrogen-bond donors (Lipinski definition) is 2. The zero-order valence-corrected chi connectivity index (χ0v) is 10.4. The summed E-state index contributed by atoms with van der Waals surface area (Å²) < 4.78 is 13.5. The fourth-order valence-electron chi connectivity index (χ4n) is 1.27. The van der Waals surface area contributed by atoms with Crippen molar-refractivity contribution in [3.8, 4) is 0 Å². The molecule has 0 aromatic heterocycles. The molecule has 0 aliphatic carbocycles. The highest BCUT2D eigenvalue weighted by Gasteiger charge is 2.14. The van der Waals surface area contributed by atoms with Crippen molar-refractivity contribution >= 4 is 17.6 Å². The largest absolute Gasteiger partial charge is 0.478 e. The maximum atomic E-state index is 13.5. The van der Waals surface area contributed by atoms with Gasteiger partial charge in [-0.1, -0.05) is 6.07 Å². The zero-order valence-electron chi connectivity index (χ0n) is 10.4. The summed E-state index contributed by atoms with van der Waals surface area (Å²) in [5.74, 6) is -2.35. The lowest BCUT2D eigenvalue weighted by Gasteiger charge is -2.08. The SMILES string of the molecule is CC(C(=O)O)=C(C)C(=O)Nc1ccc(C)cc1F. The topological polar surface area (TPSA) is 66.4 Å². The molecule has 4 nitrogen and oxygen atoms in total. The van der Waals surface area contributed by atoms with Gasteiger partial charge in [0, 0.05) is 11.1 Å². The lowest BCUT2D eigenvalue weighted by atomic mass is 10.1. The molecular weight excluding hydrogens is 237 g/mol. The standard InChI is InChI=1S/C13H14FNO3/c1-7-4-5-11(10(14)6-7)15-12(16)8(2)9(3)13(17)18/h4-6H,1-3H3,(H,15,16)(H,17,18). The molecule has 1 rings (SSSR count). The van der Waals surface area contributed by atoms with Crippen LogP contribution >= 0.6 is 0 Å². The molecule has 0 heterocycles. The van der Waals surface area contributed by atoms with Crippen LogP contribution in [0.15, 0.2) is 29.3 Å². The molecular formula is C13H14FNO3. The van der Waals surface area contributed by atoms with Crippen LogP contribution in [-0.4, -0.2) is 17.0 Å². The molecule has 0 saturated heterocycles. The Hall–Kier alpha value is -2.17. The van der Waals surface area contributed by atoms with Crippen LogP contribution in [0.25, 0.3) is 0 Å². The molecule has 1 aromatic carbocycles. The number of amides is 1. The number of carbonyl (C=O) groups is 2. The number of nitrogens with one attached hydrogen (secondary N) is 1. The molecule has 0 unspecified atom stereocenters. The van der Waals surface area contributed by atoms with Gasteiger partial charge in [-0.25, -0.2) is 9.18 Å².